The van der Waals surface area contributed by atoms with Crippen molar-refractivity contribution in [1.82, 2.24) is 9.78 Å². The van der Waals surface area contributed by atoms with Crippen molar-refractivity contribution < 1.29 is 9.84 Å². The first-order valence-electron chi connectivity index (χ1n) is 4.87. The Balaban J connectivity index is 2.20. The number of nitrogens with zero attached hydrogens (tertiary/aromatic N) is 2. The average molecular weight is 278 g/mol. The number of hydrogen-bond donors (Lipinski definition) is 2. The summed E-state index contributed by atoms with van der Waals surface area (Å²) in [6.07, 6.45) is 3.72. The van der Waals surface area contributed by atoms with E-state index in [0.717, 1.165) is 17.6 Å². The van der Waals surface area contributed by atoms with Crippen LogP contribution in [0.25, 0.3) is 0 Å². The number of alkyl halides is 1. The van der Waals surface area contributed by atoms with Gasteiger partial charge in [0.15, 0.2) is 0 Å². The van der Waals surface area contributed by atoms with E-state index < -0.39 is 0 Å². The summed E-state index contributed by atoms with van der Waals surface area (Å²) in [5.41, 5.74) is 1.01. The summed E-state index contributed by atoms with van der Waals surface area (Å²) in [5, 5.41) is 16.8. The van der Waals surface area contributed by atoms with Crippen molar-refractivity contribution in [3.05, 3.63) is 12.4 Å². The highest BCUT2D eigenvalue weighted by atomic mass is 79.9. The van der Waals surface area contributed by atoms with Gasteiger partial charge >= 0.3 is 0 Å². The molecular formula is C9H16BrN3O2. The second-order valence-corrected chi connectivity index (χ2v) is 3.74. The van der Waals surface area contributed by atoms with Crippen LogP contribution in [0.5, 0.6) is 0 Å². The zero-order chi connectivity index (χ0) is 10.9. The smallest absolute Gasteiger partial charge is 0.0726 e. The van der Waals surface area contributed by atoms with Crippen LogP contribution >= 0.6 is 15.9 Å². The molecule has 1 aromatic rings. The molecule has 0 aromatic carbocycles. The molecule has 0 aliphatic heterocycles. The van der Waals surface area contributed by atoms with Gasteiger partial charge in [-0.1, -0.05) is 15.9 Å². The van der Waals surface area contributed by atoms with E-state index in [0.29, 0.717) is 19.8 Å². The Labute approximate surface area is 97.6 Å². The lowest BCUT2D eigenvalue weighted by molar-refractivity contribution is 0.0854. The summed E-state index contributed by atoms with van der Waals surface area (Å²) in [4.78, 5) is 0. The molecule has 0 radical (unpaired) electrons. The number of ether oxygens (including phenoxy) is 1. The predicted octanol–water partition coefficient (Wildman–Crippen LogP) is 0.699. The molecule has 6 heteroatoms. The van der Waals surface area contributed by atoms with E-state index in [4.69, 9.17) is 9.84 Å². The van der Waals surface area contributed by atoms with Crippen LogP contribution in [0.3, 0.4) is 0 Å². The van der Waals surface area contributed by atoms with E-state index >= 15 is 0 Å². The number of halogens is 1. The molecule has 0 saturated heterocycles. The molecular weight excluding hydrogens is 262 g/mol. The van der Waals surface area contributed by atoms with Crippen molar-refractivity contribution in [3.63, 3.8) is 0 Å². The fourth-order valence-corrected chi connectivity index (χ4v) is 1.29. The normalized spacial score (nSPS) is 10.5. The lowest BCUT2D eigenvalue weighted by Crippen LogP contribution is -2.08. The Kier molecular flexibility index (Phi) is 6.38. The van der Waals surface area contributed by atoms with E-state index in [-0.39, 0.29) is 6.61 Å². The lowest BCUT2D eigenvalue weighted by Gasteiger charge is -2.02. The van der Waals surface area contributed by atoms with E-state index in [1.165, 1.54) is 0 Å². The molecule has 86 valence electrons. The number of aliphatic hydroxyl groups excluding tert-OH is 1. The molecule has 1 rings (SSSR count). The van der Waals surface area contributed by atoms with Crippen molar-refractivity contribution in [3.8, 4) is 0 Å². The molecule has 0 atom stereocenters. The fraction of sp³-hybridized carbons (Fsp3) is 0.667. The topological polar surface area (TPSA) is 59.3 Å². The maximum absolute atomic E-state index is 8.50. The van der Waals surface area contributed by atoms with Crippen molar-refractivity contribution in [2.24, 2.45) is 0 Å². The maximum Gasteiger partial charge on any atom is 0.0726 e. The highest BCUT2D eigenvalue weighted by Crippen LogP contribution is 2.04. The standard InChI is InChI=1S/C9H16BrN3O2/c10-1-2-11-9-7-12-13(8-9)3-5-15-6-4-14/h7-8,11,14H,1-6H2. The van der Waals surface area contributed by atoms with E-state index in [1.54, 1.807) is 6.20 Å². The SMILES string of the molecule is OCCOCCn1cc(NCCBr)cn1. The Morgan fingerprint density at radius 1 is 1.53 bits per heavy atom. The van der Waals surface area contributed by atoms with Crippen LogP contribution in [0.4, 0.5) is 5.69 Å². The molecule has 0 saturated carbocycles. The molecule has 1 heterocycles. The summed E-state index contributed by atoms with van der Waals surface area (Å²) < 4.78 is 6.95. The Morgan fingerprint density at radius 2 is 2.40 bits per heavy atom. The van der Waals surface area contributed by atoms with Crippen LogP contribution in [0.2, 0.25) is 0 Å². The quantitative estimate of drug-likeness (QED) is 0.543. The zero-order valence-electron chi connectivity index (χ0n) is 8.53. The third kappa shape index (κ3) is 5.15. The molecule has 2 N–H and O–H groups in total. The van der Waals surface area contributed by atoms with Gasteiger partial charge in [0.1, 0.15) is 0 Å². The molecule has 1 aromatic heterocycles. The van der Waals surface area contributed by atoms with Gasteiger partial charge in [0, 0.05) is 18.1 Å². The molecule has 0 spiro atoms. The van der Waals surface area contributed by atoms with E-state index in [2.05, 4.69) is 26.3 Å². The third-order valence-corrected chi connectivity index (χ3v) is 2.15. The van der Waals surface area contributed by atoms with Crippen LogP contribution in [-0.2, 0) is 11.3 Å². The second-order valence-electron chi connectivity index (χ2n) is 2.94. The van der Waals surface area contributed by atoms with E-state index in [9.17, 15) is 0 Å². The van der Waals surface area contributed by atoms with Gasteiger partial charge in [-0.05, 0) is 0 Å². The summed E-state index contributed by atoms with van der Waals surface area (Å²) in [6, 6.07) is 0. The van der Waals surface area contributed by atoms with Crippen molar-refractivity contribution in [1.29, 1.82) is 0 Å². The number of hydrogen-bond acceptors (Lipinski definition) is 4. The van der Waals surface area contributed by atoms with Gasteiger partial charge in [0.05, 0.1) is 38.2 Å². The zero-order valence-corrected chi connectivity index (χ0v) is 10.1. The first-order chi connectivity index (χ1) is 7.36. The van der Waals surface area contributed by atoms with Gasteiger partial charge in [-0.15, -0.1) is 0 Å². The largest absolute Gasteiger partial charge is 0.394 e. The predicted molar refractivity (Wildman–Crippen MR) is 62.4 cm³/mol. The third-order valence-electron chi connectivity index (χ3n) is 1.76. The highest BCUT2D eigenvalue weighted by Gasteiger charge is 1.97. The van der Waals surface area contributed by atoms with Crippen molar-refractivity contribution in [2.75, 3.05) is 37.0 Å². The van der Waals surface area contributed by atoms with Crippen LogP contribution < -0.4 is 5.32 Å². The van der Waals surface area contributed by atoms with Crippen molar-refractivity contribution >= 4 is 21.6 Å². The van der Waals surface area contributed by atoms with Crippen LogP contribution in [0.15, 0.2) is 12.4 Å². The van der Waals surface area contributed by atoms with Crippen LogP contribution in [0.1, 0.15) is 0 Å². The summed E-state index contributed by atoms with van der Waals surface area (Å²) in [5.74, 6) is 0. The van der Waals surface area contributed by atoms with E-state index in [1.807, 2.05) is 10.9 Å². The van der Waals surface area contributed by atoms with Gasteiger partial charge in [-0.2, -0.15) is 5.10 Å². The Hall–Kier alpha value is -0.590. The van der Waals surface area contributed by atoms with Gasteiger partial charge in [0.2, 0.25) is 0 Å². The first-order valence-corrected chi connectivity index (χ1v) is 6.00. The summed E-state index contributed by atoms with van der Waals surface area (Å²) >= 11 is 3.34. The van der Waals surface area contributed by atoms with Crippen LogP contribution in [-0.4, -0.2) is 46.6 Å². The second kappa shape index (κ2) is 7.67. The molecule has 0 amide bonds. The molecule has 0 bridgehead atoms. The van der Waals surface area contributed by atoms with Gasteiger partial charge < -0.3 is 15.2 Å². The summed E-state index contributed by atoms with van der Waals surface area (Å²) in [6.45, 7) is 2.61. The molecule has 5 nitrogen and oxygen atoms in total. The first kappa shape index (κ1) is 12.5. The van der Waals surface area contributed by atoms with Crippen LogP contribution in [0, 0.1) is 0 Å². The number of anilines is 1. The average Bonchev–Trinajstić information content (AvgIpc) is 2.69. The number of nitrogens with one attached hydrogen (secondary N) is 1. The molecule has 0 fully saturated rings. The Bertz CT molecular complexity index is 268. The molecule has 15 heavy (non-hydrogen) atoms. The summed E-state index contributed by atoms with van der Waals surface area (Å²) in [7, 11) is 0. The fourth-order valence-electron chi connectivity index (χ4n) is 1.09. The number of aromatic nitrogens is 2. The monoisotopic (exact) mass is 277 g/mol. The maximum atomic E-state index is 8.50. The minimum absolute atomic E-state index is 0.0666. The van der Waals surface area contributed by atoms with Crippen molar-refractivity contribution in [2.45, 2.75) is 6.54 Å². The minimum atomic E-state index is 0.0666. The van der Waals surface area contributed by atoms with Gasteiger partial charge in [0.25, 0.3) is 0 Å². The van der Waals surface area contributed by atoms with Gasteiger partial charge in [-0.3, -0.25) is 4.68 Å². The number of aliphatic hydroxyl groups is 1. The minimum Gasteiger partial charge on any atom is -0.394 e. The molecule has 0 aliphatic carbocycles. The lowest BCUT2D eigenvalue weighted by atomic mass is 10.5. The molecule has 0 unspecified atom stereocenters. The Morgan fingerprint density at radius 3 is 3.13 bits per heavy atom. The van der Waals surface area contributed by atoms with Gasteiger partial charge in [-0.25, -0.2) is 0 Å². The number of rotatable bonds is 8. The molecule has 0 aliphatic rings. The highest BCUT2D eigenvalue weighted by molar-refractivity contribution is 9.09.